The van der Waals surface area contributed by atoms with Crippen molar-refractivity contribution in [1.82, 2.24) is 25.2 Å². The number of primary amides is 1. The Hall–Kier alpha value is -3.24. The maximum absolute atomic E-state index is 13.0. The lowest BCUT2D eigenvalue weighted by molar-refractivity contribution is 0.104. The van der Waals surface area contributed by atoms with E-state index >= 15 is 0 Å². The second kappa shape index (κ2) is 6.49. The fourth-order valence-electron chi connectivity index (χ4n) is 2.83. The Bertz CT molecular complexity index is 1180. The van der Waals surface area contributed by atoms with E-state index in [1.165, 1.54) is 23.5 Å². The van der Waals surface area contributed by atoms with Gasteiger partial charge in [-0.25, -0.2) is 9.36 Å². The van der Waals surface area contributed by atoms with Crippen molar-refractivity contribution in [1.29, 1.82) is 0 Å². The molecule has 0 unspecified atom stereocenters. The summed E-state index contributed by atoms with van der Waals surface area (Å²) >= 11 is 7.26. The number of rotatable bonds is 4. The van der Waals surface area contributed by atoms with E-state index in [-0.39, 0.29) is 5.56 Å². The van der Waals surface area contributed by atoms with Crippen LogP contribution in [0, 0.1) is 0 Å². The topological polar surface area (TPSA) is 140 Å². The molecule has 0 atom stereocenters. The number of thiophene rings is 1. The first-order chi connectivity index (χ1) is 13.0. The summed E-state index contributed by atoms with van der Waals surface area (Å²) in [5.74, 6) is -0.460. The third-order valence-electron chi connectivity index (χ3n) is 3.96. The molecule has 0 radical (unpaired) electrons. The molecule has 1 aromatic carbocycles. The molecule has 4 aromatic rings. The van der Waals surface area contributed by atoms with Gasteiger partial charge in [0.1, 0.15) is 0 Å². The number of aromatic nitrogens is 5. The number of aromatic amines is 1. The van der Waals surface area contributed by atoms with Crippen LogP contribution in [-0.2, 0) is 6.42 Å². The minimum atomic E-state index is -0.900. The number of carbonyl (C=O) groups excluding carboxylic acids is 2. The molecule has 4 rings (SSSR count). The number of benzene rings is 1. The largest absolute Gasteiger partial charge is 0.494 e. The molecule has 0 aliphatic carbocycles. The van der Waals surface area contributed by atoms with Gasteiger partial charge >= 0.3 is 6.03 Å². The third kappa shape index (κ3) is 2.94. The normalized spacial score (nSPS) is 11.1. The number of H-pyrrole nitrogens is 1. The first-order valence-corrected chi connectivity index (χ1v) is 8.83. The molecule has 3 heterocycles. The summed E-state index contributed by atoms with van der Waals surface area (Å²) in [4.78, 5) is 26.0. The SMILES string of the molecule is NC(=O)n1c(O)c(C(=O)c2ccc(Cc3nn[nH]n3)s2)c2cc(Cl)ccc21. The number of hydrogen-bond donors (Lipinski definition) is 3. The summed E-state index contributed by atoms with van der Waals surface area (Å²) in [7, 11) is 0. The summed E-state index contributed by atoms with van der Waals surface area (Å²) in [6.07, 6.45) is 0.412. The van der Waals surface area contributed by atoms with Gasteiger partial charge in [0.15, 0.2) is 5.82 Å². The van der Waals surface area contributed by atoms with Crippen LogP contribution in [0.2, 0.25) is 5.02 Å². The monoisotopic (exact) mass is 402 g/mol. The van der Waals surface area contributed by atoms with Crippen molar-refractivity contribution in [2.24, 2.45) is 5.73 Å². The van der Waals surface area contributed by atoms with Gasteiger partial charge in [0.25, 0.3) is 0 Å². The van der Waals surface area contributed by atoms with E-state index in [0.29, 0.717) is 33.0 Å². The molecule has 0 spiro atoms. The predicted molar refractivity (Wildman–Crippen MR) is 98.3 cm³/mol. The van der Waals surface area contributed by atoms with Crippen molar-refractivity contribution in [2.75, 3.05) is 0 Å². The Kier molecular flexibility index (Phi) is 4.13. The molecule has 0 aliphatic heterocycles. The molecule has 0 saturated heterocycles. The number of carbonyl (C=O) groups is 2. The summed E-state index contributed by atoms with van der Waals surface area (Å²) in [6.45, 7) is 0. The molecule has 1 amide bonds. The summed E-state index contributed by atoms with van der Waals surface area (Å²) < 4.78 is 0.882. The molecule has 3 aromatic heterocycles. The molecule has 0 bridgehead atoms. The molecule has 0 aliphatic rings. The number of amides is 1. The molecular weight excluding hydrogens is 392 g/mol. The fraction of sp³-hybridized carbons (Fsp3) is 0.0625. The van der Waals surface area contributed by atoms with Crippen molar-refractivity contribution < 1.29 is 14.7 Å². The zero-order valence-corrected chi connectivity index (χ0v) is 15.1. The molecule has 4 N–H and O–H groups in total. The second-order valence-electron chi connectivity index (χ2n) is 5.63. The van der Waals surface area contributed by atoms with Crippen LogP contribution in [0.25, 0.3) is 10.9 Å². The number of ketones is 1. The molecule has 136 valence electrons. The lowest BCUT2D eigenvalue weighted by Gasteiger charge is -2.00. The Morgan fingerprint density at radius 2 is 2.11 bits per heavy atom. The van der Waals surface area contributed by atoms with Gasteiger partial charge in [0.2, 0.25) is 11.7 Å². The van der Waals surface area contributed by atoms with Crippen molar-refractivity contribution >= 4 is 45.7 Å². The van der Waals surface area contributed by atoms with Crippen molar-refractivity contribution in [3.05, 3.63) is 56.5 Å². The zero-order chi connectivity index (χ0) is 19.1. The van der Waals surface area contributed by atoms with Crippen molar-refractivity contribution in [2.45, 2.75) is 6.42 Å². The highest BCUT2D eigenvalue weighted by molar-refractivity contribution is 7.14. The minimum Gasteiger partial charge on any atom is -0.494 e. The Morgan fingerprint density at radius 3 is 2.81 bits per heavy atom. The number of halogens is 1. The average Bonchev–Trinajstić information content (AvgIpc) is 3.33. The lowest BCUT2D eigenvalue weighted by Crippen LogP contribution is -2.18. The van der Waals surface area contributed by atoms with Crippen LogP contribution in [-0.4, -0.2) is 42.1 Å². The third-order valence-corrected chi connectivity index (χ3v) is 5.28. The van der Waals surface area contributed by atoms with E-state index in [4.69, 9.17) is 17.3 Å². The first kappa shape index (κ1) is 17.2. The molecule has 27 heavy (non-hydrogen) atoms. The molecule has 9 nitrogen and oxygen atoms in total. The Balaban J connectivity index is 1.79. The Morgan fingerprint density at radius 1 is 1.30 bits per heavy atom. The first-order valence-electron chi connectivity index (χ1n) is 7.64. The quantitative estimate of drug-likeness (QED) is 0.447. The Labute approximate surface area is 160 Å². The average molecular weight is 403 g/mol. The van der Waals surface area contributed by atoms with Crippen LogP contribution in [0.1, 0.15) is 25.9 Å². The maximum Gasteiger partial charge on any atom is 0.326 e. The molecule has 0 saturated carbocycles. The van der Waals surface area contributed by atoms with Crippen LogP contribution >= 0.6 is 22.9 Å². The van der Waals surface area contributed by atoms with Gasteiger partial charge in [-0.3, -0.25) is 4.79 Å². The van der Waals surface area contributed by atoms with Crippen LogP contribution in [0.4, 0.5) is 4.79 Å². The highest BCUT2D eigenvalue weighted by Crippen LogP contribution is 2.35. The number of tetrazole rings is 1. The summed E-state index contributed by atoms with van der Waals surface area (Å²) in [6, 6.07) is 7.09. The number of fused-ring (bicyclic) bond motifs is 1. The standard InChI is InChI=1S/C16H11ClN6O3S/c17-7-1-3-10-9(5-7)13(15(25)23(10)16(18)26)14(24)11-4-2-8(27-11)6-12-19-21-22-20-12/h1-5,25H,6H2,(H2,18,26)(H,19,20,21,22). The van der Waals surface area contributed by atoms with Crippen molar-refractivity contribution in [3.8, 4) is 5.88 Å². The van der Waals surface area contributed by atoms with Gasteiger partial charge in [-0.1, -0.05) is 16.8 Å². The summed E-state index contributed by atoms with van der Waals surface area (Å²) in [5.41, 5.74) is 5.62. The van der Waals surface area contributed by atoms with Gasteiger partial charge in [0, 0.05) is 21.7 Å². The van der Waals surface area contributed by atoms with E-state index in [1.54, 1.807) is 18.2 Å². The lowest BCUT2D eigenvalue weighted by atomic mass is 10.1. The number of aromatic hydroxyl groups is 1. The van der Waals surface area contributed by atoms with E-state index in [2.05, 4.69) is 20.6 Å². The highest BCUT2D eigenvalue weighted by Gasteiger charge is 2.26. The van der Waals surface area contributed by atoms with Crippen LogP contribution < -0.4 is 5.73 Å². The van der Waals surface area contributed by atoms with Crippen LogP contribution in [0.5, 0.6) is 5.88 Å². The molecule has 0 fully saturated rings. The minimum absolute atomic E-state index is 0.0285. The van der Waals surface area contributed by atoms with Gasteiger partial charge in [0.05, 0.1) is 16.0 Å². The van der Waals surface area contributed by atoms with E-state index in [0.717, 1.165) is 9.44 Å². The fourth-order valence-corrected chi connectivity index (χ4v) is 3.95. The van der Waals surface area contributed by atoms with E-state index < -0.39 is 17.7 Å². The van der Waals surface area contributed by atoms with Gasteiger partial charge in [-0.05, 0) is 30.3 Å². The van der Waals surface area contributed by atoms with Crippen LogP contribution in [0.3, 0.4) is 0 Å². The summed E-state index contributed by atoms with van der Waals surface area (Å²) in [5, 5.41) is 24.8. The van der Waals surface area contributed by atoms with Crippen molar-refractivity contribution in [3.63, 3.8) is 0 Å². The predicted octanol–water partition coefficient (Wildman–Crippen LogP) is 2.32. The number of hydrogen-bond acceptors (Lipinski definition) is 7. The molecule has 11 heteroatoms. The highest BCUT2D eigenvalue weighted by atomic mass is 35.5. The molecular formula is C16H11ClN6O3S. The number of nitrogens with zero attached hydrogens (tertiary/aromatic N) is 4. The maximum atomic E-state index is 13.0. The van der Waals surface area contributed by atoms with E-state index in [1.807, 2.05) is 0 Å². The second-order valence-corrected chi connectivity index (χ2v) is 7.24. The smallest absolute Gasteiger partial charge is 0.326 e. The van der Waals surface area contributed by atoms with Crippen LogP contribution in [0.15, 0.2) is 30.3 Å². The zero-order valence-electron chi connectivity index (χ0n) is 13.5. The van der Waals surface area contributed by atoms with Gasteiger partial charge < -0.3 is 10.8 Å². The number of nitrogens with one attached hydrogen (secondary N) is 1. The van der Waals surface area contributed by atoms with E-state index in [9.17, 15) is 14.7 Å². The number of nitrogens with two attached hydrogens (primary N) is 1. The van der Waals surface area contributed by atoms with Gasteiger partial charge in [-0.15, -0.1) is 21.5 Å². The van der Waals surface area contributed by atoms with Gasteiger partial charge in [-0.2, -0.15) is 5.21 Å².